The van der Waals surface area contributed by atoms with Crippen LogP contribution in [0.15, 0.2) is 22.6 Å². The Kier molecular flexibility index (Phi) is 5.86. The number of oxazole rings is 1. The number of hydrogen-bond acceptors (Lipinski definition) is 5. The maximum atomic E-state index is 12.5. The topological polar surface area (TPSA) is 70.4 Å². The minimum Gasteiger partial charge on any atom is -0.423 e. The molecule has 8 heteroatoms. The van der Waals surface area contributed by atoms with Gasteiger partial charge in [0, 0.05) is 25.7 Å². The summed E-state index contributed by atoms with van der Waals surface area (Å²) < 4.78 is 5.63. The molecule has 1 saturated heterocycles. The zero-order valence-corrected chi connectivity index (χ0v) is 16.0. The SMILES string of the molecule is CN(C)c1nc2cc(NC(=O)C3CC34CCNCC4)ccc2o1.Cl.Cl. The molecule has 1 saturated carbocycles. The number of carbonyl (C=O) groups excluding carboxylic acids is 1. The van der Waals surface area contributed by atoms with Gasteiger partial charge in [0.15, 0.2) is 5.58 Å². The number of aromatic nitrogens is 1. The number of rotatable bonds is 3. The molecule has 1 aliphatic carbocycles. The van der Waals surface area contributed by atoms with Crippen molar-refractivity contribution in [3.05, 3.63) is 18.2 Å². The van der Waals surface area contributed by atoms with E-state index < -0.39 is 0 Å². The molecule has 1 atom stereocenters. The van der Waals surface area contributed by atoms with Crippen LogP contribution in [0.25, 0.3) is 11.1 Å². The van der Waals surface area contributed by atoms with Crippen LogP contribution in [0.4, 0.5) is 11.7 Å². The third kappa shape index (κ3) is 3.71. The second kappa shape index (κ2) is 7.40. The fourth-order valence-electron chi connectivity index (χ4n) is 3.61. The lowest BCUT2D eigenvalue weighted by atomic mass is 9.92. The summed E-state index contributed by atoms with van der Waals surface area (Å²) in [5, 5.41) is 6.42. The van der Waals surface area contributed by atoms with Gasteiger partial charge in [-0.05, 0) is 56.0 Å². The summed E-state index contributed by atoms with van der Waals surface area (Å²) in [5.74, 6) is 0.303. The molecule has 2 aliphatic rings. The molecule has 1 aromatic heterocycles. The van der Waals surface area contributed by atoms with E-state index in [1.165, 1.54) is 0 Å². The Morgan fingerprint density at radius 1 is 1.32 bits per heavy atom. The molecule has 1 amide bonds. The highest BCUT2D eigenvalue weighted by molar-refractivity contribution is 5.96. The van der Waals surface area contributed by atoms with Crippen LogP contribution in [-0.2, 0) is 4.79 Å². The van der Waals surface area contributed by atoms with Gasteiger partial charge in [-0.2, -0.15) is 4.98 Å². The number of amides is 1. The van der Waals surface area contributed by atoms with Crippen molar-refractivity contribution in [2.45, 2.75) is 19.3 Å². The second-order valence-electron chi connectivity index (χ2n) is 6.93. The molecule has 6 nitrogen and oxygen atoms in total. The molecule has 138 valence electrons. The van der Waals surface area contributed by atoms with Crippen LogP contribution in [0.3, 0.4) is 0 Å². The van der Waals surface area contributed by atoms with E-state index in [-0.39, 0.29) is 42.1 Å². The van der Waals surface area contributed by atoms with Crippen LogP contribution in [-0.4, -0.2) is 38.1 Å². The molecule has 1 aliphatic heterocycles. The average molecular weight is 387 g/mol. The minimum absolute atomic E-state index is 0. The van der Waals surface area contributed by atoms with E-state index in [0.717, 1.165) is 49.1 Å². The summed E-state index contributed by atoms with van der Waals surface area (Å²) >= 11 is 0. The highest BCUT2D eigenvalue weighted by Crippen LogP contribution is 2.58. The monoisotopic (exact) mass is 386 g/mol. The fourth-order valence-corrected chi connectivity index (χ4v) is 3.61. The molecule has 1 spiro atoms. The molecule has 2 aromatic rings. The molecule has 2 fully saturated rings. The van der Waals surface area contributed by atoms with Crippen LogP contribution in [0.2, 0.25) is 0 Å². The highest BCUT2D eigenvalue weighted by atomic mass is 35.5. The molecule has 25 heavy (non-hydrogen) atoms. The zero-order chi connectivity index (χ0) is 16.0. The van der Waals surface area contributed by atoms with Gasteiger partial charge >= 0.3 is 0 Å². The first-order valence-corrected chi connectivity index (χ1v) is 8.17. The number of hydrogen-bond donors (Lipinski definition) is 2. The predicted octanol–water partition coefficient (Wildman–Crippen LogP) is 3.07. The Morgan fingerprint density at radius 3 is 2.72 bits per heavy atom. The first-order valence-electron chi connectivity index (χ1n) is 8.17. The molecular formula is C17H24Cl2N4O2. The lowest BCUT2D eigenvalue weighted by Gasteiger charge is -2.23. The van der Waals surface area contributed by atoms with Gasteiger partial charge in [0.25, 0.3) is 6.01 Å². The van der Waals surface area contributed by atoms with Crippen molar-refractivity contribution in [2.75, 3.05) is 37.4 Å². The summed E-state index contributed by atoms with van der Waals surface area (Å²) in [5.41, 5.74) is 2.54. The van der Waals surface area contributed by atoms with Gasteiger partial charge in [0.05, 0.1) is 0 Å². The molecule has 1 aromatic carbocycles. The molecule has 0 radical (unpaired) electrons. The normalized spacial score (nSPS) is 20.5. The van der Waals surface area contributed by atoms with Gasteiger partial charge in [-0.1, -0.05) is 0 Å². The number of carbonyl (C=O) groups is 1. The summed E-state index contributed by atoms with van der Waals surface area (Å²) in [6, 6.07) is 6.18. The van der Waals surface area contributed by atoms with Crippen molar-refractivity contribution in [1.29, 1.82) is 0 Å². The number of halogens is 2. The van der Waals surface area contributed by atoms with E-state index in [9.17, 15) is 4.79 Å². The first kappa shape index (κ1) is 19.8. The smallest absolute Gasteiger partial charge is 0.297 e. The van der Waals surface area contributed by atoms with Crippen LogP contribution >= 0.6 is 24.8 Å². The number of anilines is 2. The largest absolute Gasteiger partial charge is 0.423 e. The van der Waals surface area contributed by atoms with Crippen LogP contribution < -0.4 is 15.5 Å². The number of piperidine rings is 1. The van der Waals surface area contributed by atoms with E-state index in [4.69, 9.17) is 4.42 Å². The van der Waals surface area contributed by atoms with E-state index in [0.29, 0.717) is 6.01 Å². The van der Waals surface area contributed by atoms with Crippen molar-refractivity contribution < 1.29 is 9.21 Å². The van der Waals surface area contributed by atoms with Crippen LogP contribution in [0.5, 0.6) is 0 Å². The van der Waals surface area contributed by atoms with Gasteiger partial charge in [-0.15, -0.1) is 24.8 Å². The molecule has 2 N–H and O–H groups in total. The van der Waals surface area contributed by atoms with Gasteiger partial charge in [-0.3, -0.25) is 4.79 Å². The maximum Gasteiger partial charge on any atom is 0.297 e. The maximum absolute atomic E-state index is 12.5. The van der Waals surface area contributed by atoms with Gasteiger partial charge in [0.2, 0.25) is 5.91 Å². The molecule has 2 heterocycles. The standard InChI is InChI=1S/C17H22N4O2.2ClH/c1-21(2)16-20-13-9-11(3-4-14(13)23-16)19-15(22)12-10-17(12)5-7-18-8-6-17;;/h3-4,9,12,18H,5-8,10H2,1-2H3,(H,19,22);2*1H. The van der Waals surface area contributed by atoms with Crippen LogP contribution in [0.1, 0.15) is 19.3 Å². The summed E-state index contributed by atoms with van der Waals surface area (Å²) in [4.78, 5) is 18.8. The second-order valence-corrected chi connectivity index (χ2v) is 6.93. The number of benzene rings is 1. The fraction of sp³-hybridized carbons (Fsp3) is 0.529. The Balaban J connectivity index is 0.00000113. The highest BCUT2D eigenvalue weighted by Gasteiger charge is 2.57. The average Bonchev–Trinajstić information content (AvgIpc) is 3.05. The predicted molar refractivity (Wildman–Crippen MR) is 104 cm³/mol. The Morgan fingerprint density at radius 2 is 2.04 bits per heavy atom. The molecule has 0 bridgehead atoms. The van der Waals surface area contributed by atoms with E-state index in [1.54, 1.807) is 0 Å². The van der Waals surface area contributed by atoms with Gasteiger partial charge < -0.3 is 20.0 Å². The number of nitrogens with zero attached hydrogens (tertiary/aromatic N) is 2. The molecule has 1 unspecified atom stereocenters. The van der Waals surface area contributed by atoms with Crippen molar-refractivity contribution in [3.8, 4) is 0 Å². The summed E-state index contributed by atoms with van der Waals surface area (Å²) in [6.07, 6.45) is 3.25. The van der Waals surface area contributed by atoms with E-state index in [1.807, 2.05) is 37.2 Å². The Bertz CT molecular complexity index is 756. The van der Waals surface area contributed by atoms with E-state index >= 15 is 0 Å². The van der Waals surface area contributed by atoms with Crippen molar-refractivity contribution in [3.63, 3.8) is 0 Å². The third-order valence-corrected chi connectivity index (χ3v) is 5.13. The van der Waals surface area contributed by atoms with E-state index in [2.05, 4.69) is 15.6 Å². The quantitative estimate of drug-likeness (QED) is 0.847. The lowest BCUT2D eigenvalue weighted by Crippen LogP contribution is -2.31. The number of nitrogens with one attached hydrogen (secondary N) is 2. The Labute approximate surface area is 159 Å². The molecular weight excluding hydrogens is 363 g/mol. The first-order chi connectivity index (χ1) is 11.1. The third-order valence-electron chi connectivity index (χ3n) is 5.13. The zero-order valence-electron chi connectivity index (χ0n) is 14.4. The minimum atomic E-state index is 0. The summed E-state index contributed by atoms with van der Waals surface area (Å²) in [6.45, 7) is 2.06. The number of fused-ring (bicyclic) bond motifs is 1. The molecule has 4 rings (SSSR count). The summed E-state index contributed by atoms with van der Waals surface area (Å²) in [7, 11) is 3.78. The van der Waals surface area contributed by atoms with Crippen molar-refractivity contribution >= 4 is 53.5 Å². The Hall–Kier alpha value is -1.50. The van der Waals surface area contributed by atoms with Crippen molar-refractivity contribution in [1.82, 2.24) is 10.3 Å². The lowest BCUT2D eigenvalue weighted by molar-refractivity contribution is -0.118. The van der Waals surface area contributed by atoms with Crippen LogP contribution in [0, 0.1) is 11.3 Å². The van der Waals surface area contributed by atoms with Gasteiger partial charge in [0.1, 0.15) is 5.52 Å². The van der Waals surface area contributed by atoms with Crippen molar-refractivity contribution in [2.24, 2.45) is 11.3 Å². The van der Waals surface area contributed by atoms with Gasteiger partial charge in [-0.25, -0.2) is 0 Å².